The minimum absolute atomic E-state index is 0.760. The molecule has 0 amide bonds. The lowest BCUT2D eigenvalue weighted by Crippen LogP contribution is -1.77. The van der Waals surface area contributed by atoms with Crippen molar-refractivity contribution in [1.29, 1.82) is 0 Å². The molecule has 0 radical (unpaired) electrons. The largest absolute Gasteiger partial charge is 0.257 e. The predicted octanol–water partition coefficient (Wildman–Crippen LogP) is 4.97. The lowest BCUT2D eigenvalue weighted by atomic mass is 10.2. The van der Waals surface area contributed by atoms with Crippen molar-refractivity contribution in [3.8, 4) is 0 Å². The first-order chi connectivity index (χ1) is 7.84. The van der Waals surface area contributed by atoms with Gasteiger partial charge in [-0.3, -0.25) is 4.99 Å². The standard InChI is InChI=1S/C11H11N.2C2H6/c1-3-9-12-10(2)11-7-5-4-6-8-11;2*1-2/h3-9H,1-2H2;2*1-2H3. The number of allylic oxidation sites excluding steroid dienone is 1. The Balaban J connectivity index is 0. The predicted molar refractivity (Wildman–Crippen MR) is 76.9 cm³/mol. The summed E-state index contributed by atoms with van der Waals surface area (Å²) in [6.45, 7) is 15.4. The average Bonchev–Trinajstić information content (AvgIpc) is 2.41. The molecule has 0 bridgehead atoms. The van der Waals surface area contributed by atoms with Gasteiger partial charge in [0.05, 0.1) is 5.70 Å². The maximum atomic E-state index is 4.08. The van der Waals surface area contributed by atoms with Gasteiger partial charge in [-0.15, -0.1) is 0 Å². The zero-order chi connectivity index (χ0) is 12.8. The van der Waals surface area contributed by atoms with Crippen molar-refractivity contribution < 1.29 is 0 Å². The van der Waals surface area contributed by atoms with Gasteiger partial charge in [0.15, 0.2) is 0 Å². The molecular formula is C15H23N. The second-order valence-electron chi connectivity index (χ2n) is 2.33. The molecule has 0 aliphatic heterocycles. The Bertz CT molecular complexity index is 296. The second-order valence-corrected chi connectivity index (χ2v) is 2.33. The Hall–Kier alpha value is -1.63. The summed E-state index contributed by atoms with van der Waals surface area (Å²) in [5.74, 6) is 0. The molecule has 1 heteroatoms. The Morgan fingerprint density at radius 1 is 1.06 bits per heavy atom. The molecule has 1 rings (SSSR count). The van der Waals surface area contributed by atoms with Crippen molar-refractivity contribution >= 4 is 11.9 Å². The highest BCUT2D eigenvalue weighted by molar-refractivity contribution is 5.78. The van der Waals surface area contributed by atoms with Crippen LogP contribution in [0.2, 0.25) is 0 Å². The van der Waals surface area contributed by atoms with E-state index in [0.717, 1.165) is 11.3 Å². The summed E-state index contributed by atoms with van der Waals surface area (Å²) in [5, 5.41) is 0. The molecular weight excluding hydrogens is 194 g/mol. The molecule has 0 atom stereocenters. The van der Waals surface area contributed by atoms with Gasteiger partial charge in [0, 0.05) is 6.21 Å². The van der Waals surface area contributed by atoms with E-state index >= 15 is 0 Å². The number of aliphatic imine (C=N–C) groups is 1. The number of nitrogens with zero attached hydrogens (tertiary/aromatic N) is 1. The van der Waals surface area contributed by atoms with Gasteiger partial charge in [0.25, 0.3) is 0 Å². The highest BCUT2D eigenvalue weighted by Gasteiger charge is 1.91. The van der Waals surface area contributed by atoms with Crippen LogP contribution in [-0.4, -0.2) is 6.21 Å². The summed E-state index contributed by atoms with van der Waals surface area (Å²) in [5.41, 5.74) is 1.80. The third-order valence-corrected chi connectivity index (χ3v) is 1.44. The molecule has 0 N–H and O–H groups in total. The van der Waals surface area contributed by atoms with Gasteiger partial charge in [-0.2, -0.15) is 0 Å². The molecule has 0 unspecified atom stereocenters. The number of hydrogen-bond acceptors (Lipinski definition) is 1. The first kappa shape index (κ1) is 16.8. The zero-order valence-corrected chi connectivity index (χ0v) is 10.9. The van der Waals surface area contributed by atoms with Crippen molar-refractivity contribution in [2.75, 3.05) is 0 Å². The summed E-state index contributed by atoms with van der Waals surface area (Å²) < 4.78 is 0. The van der Waals surface area contributed by atoms with Crippen molar-refractivity contribution in [1.82, 2.24) is 0 Å². The molecule has 16 heavy (non-hydrogen) atoms. The van der Waals surface area contributed by atoms with E-state index < -0.39 is 0 Å². The van der Waals surface area contributed by atoms with Gasteiger partial charge in [-0.05, 0) is 5.56 Å². The van der Waals surface area contributed by atoms with Crippen LogP contribution in [0.1, 0.15) is 33.3 Å². The normalized spacial score (nSPS) is 8.25. The quantitative estimate of drug-likeness (QED) is 0.634. The molecule has 0 saturated heterocycles. The summed E-state index contributed by atoms with van der Waals surface area (Å²) in [6.07, 6.45) is 3.27. The molecule has 0 aromatic heterocycles. The van der Waals surface area contributed by atoms with E-state index in [-0.39, 0.29) is 0 Å². The maximum absolute atomic E-state index is 4.08. The van der Waals surface area contributed by atoms with Crippen molar-refractivity contribution in [2.24, 2.45) is 4.99 Å². The van der Waals surface area contributed by atoms with E-state index in [1.54, 1.807) is 12.3 Å². The van der Waals surface area contributed by atoms with E-state index in [4.69, 9.17) is 0 Å². The number of rotatable bonds is 3. The van der Waals surface area contributed by atoms with E-state index in [1.165, 1.54) is 0 Å². The number of hydrogen-bond donors (Lipinski definition) is 0. The Labute approximate surface area is 100 Å². The van der Waals surface area contributed by atoms with E-state index in [0.29, 0.717) is 0 Å². The first-order valence-corrected chi connectivity index (χ1v) is 5.74. The smallest absolute Gasteiger partial charge is 0.0630 e. The molecule has 1 aromatic carbocycles. The van der Waals surface area contributed by atoms with Crippen LogP contribution in [-0.2, 0) is 0 Å². The highest BCUT2D eigenvalue weighted by atomic mass is 14.7. The van der Waals surface area contributed by atoms with Crippen LogP contribution in [0.15, 0.2) is 54.6 Å². The highest BCUT2D eigenvalue weighted by Crippen LogP contribution is 2.11. The maximum Gasteiger partial charge on any atom is 0.0630 e. The van der Waals surface area contributed by atoms with Crippen LogP contribution in [0.25, 0.3) is 5.70 Å². The fraction of sp³-hybridized carbons (Fsp3) is 0.267. The van der Waals surface area contributed by atoms with Gasteiger partial charge in [-0.25, -0.2) is 0 Å². The van der Waals surface area contributed by atoms with Crippen LogP contribution in [0.4, 0.5) is 0 Å². The van der Waals surface area contributed by atoms with Gasteiger partial charge in [0.1, 0.15) is 0 Å². The van der Waals surface area contributed by atoms with Gasteiger partial charge >= 0.3 is 0 Å². The van der Waals surface area contributed by atoms with Crippen LogP contribution in [0.5, 0.6) is 0 Å². The van der Waals surface area contributed by atoms with Gasteiger partial charge < -0.3 is 0 Å². The molecule has 1 nitrogen and oxygen atoms in total. The number of benzene rings is 1. The third-order valence-electron chi connectivity index (χ3n) is 1.44. The minimum Gasteiger partial charge on any atom is -0.257 e. The molecule has 0 heterocycles. The minimum atomic E-state index is 0.760. The van der Waals surface area contributed by atoms with Crippen LogP contribution in [0, 0.1) is 0 Å². The SMILES string of the molecule is C=CC=NC(=C)c1ccccc1.CC.CC. The fourth-order valence-corrected chi connectivity index (χ4v) is 0.848. The van der Waals surface area contributed by atoms with E-state index in [2.05, 4.69) is 18.2 Å². The third kappa shape index (κ3) is 7.74. The molecule has 0 fully saturated rings. The van der Waals surface area contributed by atoms with Crippen molar-refractivity contribution in [3.63, 3.8) is 0 Å². The Morgan fingerprint density at radius 3 is 2.00 bits per heavy atom. The first-order valence-electron chi connectivity index (χ1n) is 5.74. The van der Waals surface area contributed by atoms with E-state index in [9.17, 15) is 0 Å². The molecule has 0 aliphatic carbocycles. The lowest BCUT2D eigenvalue weighted by Gasteiger charge is -1.96. The van der Waals surface area contributed by atoms with Gasteiger partial charge in [-0.1, -0.05) is 77.3 Å². The van der Waals surface area contributed by atoms with Crippen LogP contribution < -0.4 is 0 Å². The topological polar surface area (TPSA) is 12.4 Å². The summed E-state index contributed by atoms with van der Waals surface area (Å²) in [6, 6.07) is 9.84. The van der Waals surface area contributed by atoms with Crippen LogP contribution in [0.3, 0.4) is 0 Å². The Kier molecular flexibility index (Phi) is 14.0. The van der Waals surface area contributed by atoms with Crippen molar-refractivity contribution in [3.05, 3.63) is 55.1 Å². The molecule has 0 saturated carbocycles. The summed E-state index contributed by atoms with van der Waals surface area (Å²) >= 11 is 0. The molecule has 0 aliphatic rings. The monoisotopic (exact) mass is 217 g/mol. The fourth-order valence-electron chi connectivity index (χ4n) is 0.848. The van der Waals surface area contributed by atoms with Crippen molar-refractivity contribution in [2.45, 2.75) is 27.7 Å². The summed E-state index contributed by atoms with van der Waals surface area (Å²) in [4.78, 5) is 4.08. The Morgan fingerprint density at radius 2 is 1.56 bits per heavy atom. The summed E-state index contributed by atoms with van der Waals surface area (Å²) in [7, 11) is 0. The molecule has 1 aromatic rings. The molecule has 0 spiro atoms. The van der Waals surface area contributed by atoms with Gasteiger partial charge in [0.2, 0.25) is 0 Å². The van der Waals surface area contributed by atoms with Crippen LogP contribution >= 0.6 is 0 Å². The second kappa shape index (κ2) is 13.4. The van der Waals surface area contributed by atoms with E-state index in [1.807, 2.05) is 58.0 Å². The lowest BCUT2D eigenvalue weighted by molar-refractivity contribution is 1.50. The average molecular weight is 217 g/mol. The molecule has 88 valence electrons. The zero-order valence-electron chi connectivity index (χ0n) is 10.9.